The van der Waals surface area contributed by atoms with E-state index >= 15 is 0 Å². The summed E-state index contributed by atoms with van der Waals surface area (Å²) in [7, 11) is 0. The van der Waals surface area contributed by atoms with E-state index in [2.05, 4.69) is 10.5 Å². The summed E-state index contributed by atoms with van der Waals surface area (Å²) in [5, 5.41) is 26.9. The Morgan fingerprint density at radius 2 is 1.93 bits per heavy atom. The number of hydrogen-bond acceptors (Lipinski definition) is 6. The van der Waals surface area contributed by atoms with Crippen LogP contribution in [0.15, 0.2) is 29.4 Å². The van der Waals surface area contributed by atoms with Crippen molar-refractivity contribution in [2.75, 3.05) is 0 Å². The Morgan fingerprint density at radius 3 is 2.52 bits per heavy atom. The van der Waals surface area contributed by atoms with E-state index in [0.29, 0.717) is 11.3 Å². The molecule has 0 radical (unpaired) electrons. The summed E-state index contributed by atoms with van der Waals surface area (Å²) in [6, 6.07) is 5.70. The lowest BCUT2D eigenvalue weighted by atomic mass is 9.88. The summed E-state index contributed by atoms with van der Waals surface area (Å²) in [6.07, 6.45) is 4.41. The molecule has 1 saturated carbocycles. The highest BCUT2D eigenvalue weighted by Gasteiger charge is 2.49. The topological polar surface area (TPSA) is 131 Å². The number of nitro groups is 1. The van der Waals surface area contributed by atoms with Crippen LogP contribution in [0.1, 0.15) is 50.5 Å². The lowest BCUT2D eigenvalue weighted by molar-refractivity contribution is -0.384. The van der Waals surface area contributed by atoms with Crippen molar-refractivity contribution in [3.8, 4) is 0 Å². The molecule has 0 spiro atoms. The molecule has 3 rings (SSSR count). The van der Waals surface area contributed by atoms with E-state index in [1.165, 1.54) is 24.3 Å². The molecular weight excluding hydrogens is 354 g/mol. The minimum absolute atomic E-state index is 0.00430. The fourth-order valence-corrected chi connectivity index (χ4v) is 3.51. The zero-order valence-electron chi connectivity index (χ0n) is 14.7. The molecule has 9 heteroatoms. The average Bonchev–Trinajstić information content (AvgIpc) is 3.07. The molecule has 9 nitrogen and oxygen atoms in total. The number of nitro benzene ring substituents is 1. The first-order valence-corrected chi connectivity index (χ1v) is 8.92. The van der Waals surface area contributed by atoms with Crippen molar-refractivity contribution in [1.82, 2.24) is 5.32 Å². The van der Waals surface area contributed by atoms with Crippen molar-refractivity contribution in [1.29, 1.82) is 0 Å². The second-order valence-corrected chi connectivity index (χ2v) is 6.98. The van der Waals surface area contributed by atoms with Gasteiger partial charge in [0.2, 0.25) is 5.60 Å². The maximum Gasteiger partial charge on any atom is 0.308 e. The van der Waals surface area contributed by atoms with Crippen LogP contribution >= 0.6 is 0 Å². The predicted molar refractivity (Wildman–Crippen MR) is 95.3 cm³/mol. The number of carbonyl (C=O) groups excluding carboxylic acids is 1. The number of benzene rings is 1. The van der Waals surface area contributed by atoms with Gasteiger partial charge in [-0.05, 0) is 30.5 Å². The molecule has 2 N–H and O–H groups in total. The maximum atomic E-state index is 12.8. The molecule has 1 aromatic carbocycles. The minimum Gasteiger partial charge on any atom is -0.481 e. The lowest BCUT2D eigenvalue weighted by Gasteiger charge is -2.29. The highest BCUT2D eigenvalue weighted by atomic mass is 16.7. The van der Waals surface area contributed by atoms with Crippen LogP contribution in [0.5, 0.6) is 0 Å². The summed E-state index contributed by atoms with van der Waals surface area (Å²) in [6.45, 7) is 0. The molecule has 1 amide bonds. The van der Waals surface area contributed by atoms with Crippen molar-refractivity contribution in [2.24, 2.45) is 5.16 Å². The van der Waals surface area contributed by atoms with Crippen LogP contribution in [0.25, 0.3) is 0 Å². The molecule has 1 fully saturated rings. The molecule has 2 aliphatic rings. The number of hydrogen-bond donors (Lipinski definition) is 2. The number of nitrogens with one attached hydrogen (secondary N) is 1. The van der Waals surface area contributed by atoms with Gasteiger partial charge in [0.1, 0.15) is 0 Å². The van der Waals surface area contributed by atoms with E-state index in [1.807, 2.05) is 0 Å². The highest BCUT2D eigenvalue weighted by molar-refractivity contribution is 6.06. The van der Waals surface area contributed by atoms with E-state index in [-0.39, 0.29) is 18.2 Å². The molecule has 1 heterocycles. The van der Waals surface area contributed by atoms with Gasteiger partial charge in [-0.1, -0.05) is 24.4 Å². The van der Waals surface area contributed by atoms with Crippen LogP contribution in [0.4, 0.5) is 5.69 Å². The Bertz CT molecular complexity index is 770. The maximum absolute atomic E-state index is 12.8. The molecule has 1 aromatic rings. The van der Waals surface area contributed by atoms with Gasteiger partial charge in [0, 0.05) is 24.6 Å². The molecule has 1 unspecified atom stereocenters. The van der Waals surface area contributed by atoms with Gasteiger partial charge in [0.05, 0.1) is 17.1 Å². The third-order valence-corrected chi connectivity index (χ3v) is 4.99. The standard InChI is InChI=1S/C18H21N3O6/c22-16(23)11-18(17(24)19-13-4-2-1-3-5-13)10-15(20-27-18)12-6-8-14(9-7-12)21(25)26/h6-9,13H,1-5,10-11H2,(H,19,24)(H,22,23). The normalized spacial score (nSPS) is 22.6. The average molecular weight is 375 g/mol. The first-order chi connectivity index (χ1) is 12.9. The molecule has 1 aliphatic carbocycles. The summed E-state index contributed by atoms with van der Waals surface area (Å²) < 4.78 is 0. The second-order valence-electron chi connectivity index (χ2n) is 6.98. The van der Waals surface area contributed by atoms with Crippen LogP contribution in [-0.4, -0.2) is 39.3 Å². The number of oxime groups is 1. The van der Waals surface area contributed by atoms with E-state index in [9.17, 15) is 24.8 Å². The Labute approximate surface area is 155 Å². The van der Waals surface area contributed by atoms with Crippen LogP contribution in [-0.2, 0) is 14.4 Å². The van der Waals surface area contributed by atoms with Crippen LogP contribution in [0, 0.1) is 10.1 Å². The third kappa shape index (κ3) is 4.24. The fourth-order valence-electron chi connectivity index (χ4n) is 3.51. The number of non-ortho nitro benzene ring substituents is 1. The third-order valence-electron chi connectivity index (χ3n) is 4.99. The number of carbonyl (C=O) groups is 2. The van der Waals surface area contributed by atoms with E-state index in [0.717, 1.165) is 32.1 Å². The van der Waals surface area contributed by atoms with Gasteiger partial charge in [0.25, 0.3) is 11.6 Å². The van der Waals surface area contributed by atoms with Crippen molar-refractivity contribution in [3.63, 3.8) is 0 Å². The summed E-state index contributed by atoms with van der Waals surface area (Å²) in [5.41, 5.74) is -0.714. The van der Waals surface area contributed by atoms with Gasteiger partial charge >= 0.3 is 5.97 Å². The van der Waals surface area contributed by atoms with Gasteiger partial charge in [-0.3, -0.25) is 19.7 Å². The summed E-state index contributed by atoms with van der Waals surface area (Å²) in [5.74, 6) is -1.63. The Morgan fingerprint density at radius 1 is 1.26 bits per heavy atom. The molecule has 0 saturated heterocycles. The van der Waals surface area contributed by atoms with E-state index in [4.69, 9.17) is 4.84 Å². The number of rotatable bonds is 6. The SMILES string of the molecule is O=C(O)CC1(C(=O)NC2CCCCC2)CC(c2ccc([N+](=O)[O-])cc2)=NO1. The van der Waals surface area contributed by atoms with Crippen LogP contribution in [0.3, 0.4) is 0 Å². The zero-order valence-corrected chi connectivity index (χ0v) is 14.7. The molecule has 27 heavy (non-hydrogen) atoms. The molecule has 0 aromatic heterocycles. The van der Waals surface area contributed by atoms with E-state index < -0.39 is 28.8 Å². The van der Waals surface area contributed by atoms with Crippen LogP contribution < -0.4 is 5.32 Å². The van der Waals surface area contributed by atoms with Crippen molar-refractivity contribution < 1.29 is 24.5 Å². The van der Waals surface area contributed by atoms with Gasteiger partial charge < -0.3 is 15.3 Å². The van der Waals surface area contributed by atoms with Gasteiger partial charge in [0.15, 0.2) is 0 Å². The first kappa shape index (κ1) is 18.8. The molecule has 144 valence electrons. The van der Waals surface area contributed by atoms with Gasteiger partial charge in [-0.15, -0.1) is 0 Å². The van der Waals surface area contributed by atoms with Crippen molar-refractivity contribution in [2.45, 2.75) is 56.6 Å². The van der Waals surface area contributed by atoms with Crippen LogP contribution in [0.2, 0.25) is 0 Å². The largest absolute Gasteiger partial charge is 0.481 e. The number of nitrogens with zero attached hydrogens (tertiary/aromatic N) is 2. The molecular formula is C18H21N3O6. The number of carboxylic acids is 1. The first-order valence-electron chi connectivity index (χ1n) is 8.92. The summed E-state index contributed by atoms with van der Waals surface area (Å²) >= 11 is 0. The van der Waals surface area contributed by atoms with Gasteiger partial charge in [-0.25, -0.2) is 0 Å². The Balaban J connectivity index is 1.75. The summed E-state index contributed by atoms with van der Waals surface area (Å²) in [4.78, 5) is 39.8. The smallest absolute Gasteiger partial charge is 0.308 e. The van der Waals surface area contributed by atoms with Crippen molar-refractivity contribution >= 4 is 23.3 Å². The van der Waals surface area contributed by atoms with Gasteiger partial charge in [-0.2, -0.15) is 0 Å². The highest BCUT2D eigenvalue weighted by Crippen LogP contribution is 2.32. The van der Waals surface area contributed by atoms with E-state index in [1.54, 1.807) is 0 Å². The minimum atomic E-state index is -1.60. The zero-order chi connectivity index (χ0) is 19.4. The Hall–Kier alpha value is -2.97. The fraction of sp³-hybridized carbons (Fsp3) is 0.500. The Kier molecular flexibility index (Phi) is 5.38. The quantitative estimate of drug-likeness (QED) is 0.580. The molecule has 0 bridgehead atoms. The number of carboxylic acid groups (broad SMARTS) is 1. The molecule has 1 aliphatic heterocycles. The number of aliphatic carboxylic acids is 1. The molecule has 1 atom stereocenters. The monoisotopic (exact) mass is 375 g/mol. The lowest BCUT2D eigenvalue weighted by Crippen LogP contribution is -2.52. The number of amides is 1. The second kappa shape index (κ2) is 7.73. The van der Waals surface area contributed by atoms with Crippen molar-refractivity contribution in [3.05, 3.63) is 39.9 Å². The predicted octanol–water partition coefficient (Wildman–Crippen LogP) is 2.38.